The zero-order valence-electron chi connectivity index (χ0n) is 14.5. The van der Waals surface area contributed by atoms with Gasteiger partial charge in [0.2, 0.25) is 5.89 Å². The van der Waals surface area contributed by atoms with Crippen LogP contribution in [0.25, 0.3) is 11.5 Å². The smallest absolute Gasteiger partial charge is 0.226 e. The van der Waals surface area contributed by atoms with E-state index in [0.29, 0.717) is 40.2 Å². The highest BCUT2D eigenvalue weighted by Gasteiger charge is 2.36. The van der Waals surface area contributed by atoms with Gasteiger partial charge in [0.1, 0.15) is 12.1 Å². The van der Waals surface area contributed by atoms with Crippen molar-refractivity contribution < 1.29 is 13.9 Å². The minimum atomic E-state index is -0.579. The number of likely N-dealkylation sites (N-methyl/N-ethyl adjacent to an activating group) is 1. The summed E-state index contributed by atoms with van der Waals surface area (Å²) in [6.07, 6.45) is 1.48. The number of halogens is 3. The summed E-state index contributed by atoms with van der Waals surface area (Å²) in [7, 11) is 1.91. The number of aliphatic hydroxyl groups is 1. The normalized spacial score (nSPS) is 18.9. The summed E-state index contributed by atoms with van der Waals surface area (Å²) in [5.74, 6) is 0.119. The number of nitrogens with zero attached hydrogens (tertiary/aromatic N) is 2. The minimum absolute atomic E-state index is 0.234. The van der Waals surface area contributed by atoms with Gasteiger partial charge in [-0.05, 0) is 54.6 Å². The molecule has 0 saturated heterocycles. The molecule has 1 aromatic heterocycles. The molecule has 0 aliphatic heterocycles. The second-order valence-corrected chi connectivity index (χ2v) is 7.58. The lowest BCUT2D eigenvalue weighted by atomic mass is 10.1. The molecule has 0 unspecified atom stereocenters. The van der Waals surface area contributed by atoms with Crippen LogP contribution in [0.1, 0.15) is 22.9 Å². The number of hydrogen-bond acceptors (Lipinski definition) is 4. The first kappa shape index (κ1) is 18.4. The fraction of sp³-hybridized carbons (Fsp3) is 0.250. The maximum Gasteiger partial charge on any atom is 0.226 e. The van der Waals surface area contributed by atoms with Crippen molar-refractivity contribution in [1.82, 2.24) is 9.88 Å². The van der Waals surface area contributed by atoms with E-state index in [1.165, 1.54) is 12.1 Å². The Morgan fingerprint density at radius 3 is 2.74 bits per heavy atom. The lowest BCUT2D eigenvalue weighted by Gasteiger charge is -2.27. The lowest BCUT2D eigenvalue weighted by Crippen LogP contribution is -2.30. The highest BCUT2D eigenvalue weighted by atomic mass is 35.5. The summed E-state index contributed by atoms with van der Waals surface area (Å²) in [4.78, 5) is 6.47. The van der Waals surface area contributed by atoms with Gasteiger partial charge in [-0.2, -0.15) is 0 Å². The Morgan fingerprint density at radius 2 is 2.00 bits per heavy atom. The van der Waals surface area contributed by atoms with E-state index in [4.69, 9.17) is 27.6 Å². The van der Waals surface area contributed by atoms with Crippen LogP contribution in [0, 0.1) is 5.82 Å². The molecule has 2 aromatic carbocycles. The summed E-state index contributed by atoms with van der Waals surface area (Å²) in [6, 6.07) is 9.29. The molecule has 140 valence electrons. The molecule has 4 rings (SSSR count). The van der Waals surface area contributed by atoms with Crippen LogP contribution < -0.4 is 0 Å². The number of aromatic nitrogens is 1. The maximum atomic E-state index is 13.1. The molecule has 1 aliphatic rings. The third-order valence-corrected chi connectivity index (χ3v) is 5.38. The van der Waals surface area contributed by atoms with Crippen LogP contribution in [-0.4, -0.2) is 28.1 Å². The molecule has 3 aromatic rings. The van der Waals surface area contributed by atoms with Crippen LogP contribution in [0.3, 0.4) is 0 Å². The molecular weight excluding hydrogens is 390 g/mol. The Labute approximate surface area is 166 Å². The number of oxazole rings is 1. The molecule has 0 radical (unpaired) electrons. The van der Waals surface area contributed by atoms with E-state index in [0.717, 1.165) is 11.1 Å². The molecule has 0 bridgehead atoms. The Morgan fingerprint density at radius 1 is 1.26 bits per heavy atom. The Hall–Kier alpha value is -1.92. The summed E-state index contributed by atoms with van der Waals surface area (Å²) in [5, 5.41) is 11.7. The van der Waals surface area contributed by atoms with Crippen LogP contribution in [0.15, 0.2) is 47.1 Å². The van der Waals surface area contributed by atoms with Crippen molar-refractivity contribution in [3.05, 3.63) is 75.3 Å². The van der Waals surface area contributed by atoms with Gasteiger partial charge in [0, 0.05) is 28.6 Å². The SMILES string of the molecule is CN(Cc1coc(-c2ccc(F)cc2)n1)[C@H]1c2cc(Cl)cc(Cl)c2C[C@H]1O. The number of benzene rings is 2. The molecule has 1 N–H and O–H groups in total. The lowest BCUT2D eigenvalue weighted by molar-refractivity contribution is 0.0718. The number of rotatable bonds is 4. The van der Waals surface area contributed by atoms with Crippen molar-refractivity contribution >= 4 is 23.2 Å². The average molecular weight is 407 g/mol. The standard InChI is InChI=1S/C20H17Cl2FN2O2/c1-25(19-16-6-12(21)7-17(22)15(16)8-18(19)26)9-14-10-27-20(24-14)11-2-4-13(23)5-3-11/h2-7,10,18-19,26H,8-9H2,1H3/t18-,19+/m1/s1. The first-order chi connectivity index (χ1) is 12.9. The van der Waals surface area contributed by atoms with Gasteiger partial charge in [0.05, 0.1) is 17.8 Å². The molecule has 4 nitrogen and oxygen atoms in total. The summed E-state index contributed by atoms with van der Waals surface area (Å²) >= 11 is 12.4. The minimum Gasteiger partial charge on any atom is -0.444 e. The Bertz CT molecular complexity index is 975. The van der Waals surface area contributed by atoms with Crippen LogP contribution in [0.5, 0.6) is 0 Å². The molecule has 0 spiro atoms. The van der Waals surface area contributed by atoms with Crippen molar-refractivity contribution in [2.45, 2.75) is 25.1 Å². The summed E-state index contributed by atoms with van der Waals surface area (Å²) in [5.41, 5.74) is 3.28. The Kier molecular flexibility index (Phi) is 4.95. The molecule has 27 heavy (non-hydrogen) atoms. The second kappa shape index (κ2) is 7.24. The van der Waals surface area contributed by atoms with Crippen molar-refractivity contribution in [2.24, 2.45) is 0 Å². The maximum absolute atomic E-state index is 13.1. The first-order valence-corrected chi connectivity index (χ1v) is 9.24. The van der Waals surface area contributed by atoms with Gasteiger partial charge in [-0.3, -0.25) is 4.90 Å². The van der Waals surface area contributed by atoms with E-state index in [2.05, 4.69) is 4.98 Å². The fourth-order valence-corrected chi connectivity index (χ4v) is 4.21. The molecule has 1 heterocycles. The van der Waals surface area contributed by atoms with E-state index in [9.17, 15) is 9.50 Å². The van der Waals surface area contributed by atoms with Gasteiger partial charge in [-0.1, -0.05) is 23.2 Å². The van der Waals surface area contributed by atoms with Gasteiger partial charge >= 0.3 is 0 Å². The third kappa shape index (κ3) is 3.60. The van der Waals surface area contributed by atoms with E-state index in [-0.39, 0.29) is 11.9 Å². The fourth-order valence-electron chi connectivity index (χ4n) is 3.62. The molecule has 7 heteroatoms. The largest absolute Gasteiger partial charge is 0.444 e. The molecule has 1 aliphatic carbocycles. The van der Waals surface area contributed by atoms with E-state index in [1.54, 1.807) is 24.5 Å². The number of hydrogen-bond donors (Lipinski definition) is 1. The van der Waals surface area contributed by atoms with Crippen LogP contribution in [0.2, 0.25) is 10.0 Å². The summed E-state index contributed by atoms with van der Waals surface area (Å²) < 4.78 is 18.6. The van der Waals surface area contributed by atoms with Crippen LogP contribution in [0.4, 0.5) is 4.39 Å². The van der Waals surface area contributed by atoms with Gasteiger partial charge in [0.15, 0.2) is 0 Å². The third-order valence-electron chi connectivity index (χ3n) is 4.82. The quantitative estimate of drug-likeness (QED) is 0.670. The number of fused-ring (bicyclic) bond motifs is 1. The topological polar surface area (TPSA) is 49.5 Å². The van der Waals surface area contributed by atoms with Gasteiger partial charge in [-0.15, -0.1) is 0 Å². The van der Waals surface area contributed by atoms with Gasteiger partial charge in [-0.25, -0.2) is 9.37 Å². The van der Waals surface area contributed by atoms with Gasteiger partial charge in [0.25, 0.3) is 0 Å². The molecule has 2 atom stereocenters. The second-order valence-electron chi connectivity index (χ2n) is 6.74. The zero-order valence-corrected chi connectivity index (χ0v) is 16.0. The van der Waals surface area contributed by atoms with Crippen molar-refractivity contribution in [3.8, 4) is 11.5 Å². The highest BCUT2D eigenvalue weighted by Crippen LogP contribution is 2.41. The van der Waals surface area contributed by atoms with E-state index < -0.39 is 6.10 Å². The highest BCUT2D eigenvalue weighted by molar-refractivity contribution is 6.35. The van der Waals surface area contributed by atoms with Crippen LogP contribution in [-0.2, 0) is 13.0 Å². The van der Waals surface area contributed by atoms with E-state index >= 15 is 0 Å². The molecule has 0 amide bonds. The van der Waals surface area contributed by atoms with Crippen molar-refractivity contribution in [3.63, 3.8) is 0 Å². The predicted octanol–water partition coefficient (Wildman–Crippen LogP) is 4.88. The molecule has 0 fully saturated rings. The first-order valence-electron chi connectivity index (χ1n) is 8.49. The van der Waals surface area contributed by atoms with Crippen LogP contribution >= 0.6 is 23.2 Å². The number of aliphatic hydroxyl groups excluding tert-OH is 1. The zero-order chi connectivity index (χ0) is 19.1. The van der Waals surface area contributed by atoms with E-state index in [1.807, 2.05) is 18.0 Å². The predicted molar refractivity (Wildman–Crippen MR) is 102 cm³/mol. The van der Waals surface area contributed by atoms with Crippen molar-refractivity contribution in [1.29, 1.82) is 0 Å². The monoisotopic (exact) mass is 406 g/mol. The summed E-state index contributed by atoms with van der Waals surface area (Å²) in [6.45, 7) is 0.468. The molecular formula is C20H17Cl2FN2O2. The van der Waals surface area contributed by atoms with Gasteiger partial charge < -0.3 is 9.52 Å². The average Bonchev–Trinajstić information content (AvgIpc) is 3.19. The molecule has 0 saturated carbocycles. The Balaban J connectivity index is 1.55. The van der Waals surface area contributed by atoms with Crippen molar-refractivity contribution in [2.75, 3.05) is 7.05 Å².